The van der Waals surface area contributed by atoms with Crippen LogP contribution in [0.1, 0.15) is 6.42 Å². The van der Waals surface area contributed by atoms with Crippen molar-refractivity contribution in [2.75, 3.05) is 11.9 Å². The number of hydrogen-bond acceptors (Lipinski definition) is 4. The van der Waals surface area contributed by atoms with Crippen LogP contribution >= 0.6 is 0 Å². The number of anilines is 1. The Bertz CT molecular complexity index is 873. The maximum Gasteiger partial charge on any atom is 0.404 e. The van der Waals surface area contributed by atoms with E-state index in [0.717, 1.165) is 22.2 Å². The van der Waals surface area contributed by atoms with Gasteiger partial charge in [0.25, 0.3) is 0 Å². The molecule has 4 N–H and O–H groups in total. The van der Waals surface area contributed by atoms with Gasteiger partial charge in [-0.2, -0.15) is 0 Å². The van der Waals surface area contributed by atoms with E-state index in [9.17, 15) is 9.59 Å². The van der Waals surface area contributed by atoms with Crippen LogP contribution in [-0.2, 0) is 4.79 Å². The number of rotatable bonds is 5. The van der Waals surface area contributed by atoms with Crippen molar-refractivity contribution in [3.8, 4) is 11.1 Å². The number of nitrogens with zero attached hydrogens (tertiary/aromatic N) is 2. The molecule has 0 radical (unpaired) electrons. The fourth-order valence-electron chi connectivity index (χ4n) is 2.22. The summed E-state index contributed by atoms with van der Waals surface area (Å²) in [6, 6.07) is 7.48. The predicted molar refractivity (Wildman–Crippen MR) is 88.6 cm³/mol. The maximum atomic E-state index is 11.7. The number of pyridine rings is 2. The van der Waals surface area contributed by atoms with Crippen LogP contribution in [0.15, 0.2) is 42.9 Å². The molecule has 2 amide bonds. The quantitative estimate of drug-likeness (QED) is 0.573. The van der Waals surface area contributed by atoms with E-state index in [1.54, 1.807) is 18.5 Å². The third kappa shape index (κ3) is 3.67. The van der Waals surface area contributed by atoms with Crippen molar-refractivity contribution >= 4 is 28.9 Å². The molecule has 0 unspecified atom stereocenters. The number of hydrogen-bond donors (Lipinski definition) is 4. The minimum atomic E-state index is -1.15. The van der Waals surface area contributed by atoms with E-state index < -0.39 is 6.09 Å². The number of carbonyl (C=O) groups is 2. The first kappa shape index (κ1) is 15.5. The van der Waals surface area contributed by atoms with Gasteiger partial charge in [0, 0.05) is 48.1 Å². The molecule has 0 saturated heterocycles. The fourth-order valence-corrected chi connectivity index (χ4v) is 2.22. The Morgan fingerprint density at radius 2 is 1.96 bits per heavy atom. The number of carbonyl (C=O) groups excluding carboxylic acids is 1. The second-order valence-corrected chi connectivity index (χ2v) is 5.10. The number of aromatic nitrogens is 3. The molecule has 0 saturated carbocycles. The second kappa shape index (κ2) is 6.78. The van der Waals surface area contributed by atoms with Crippen molar-refractivity contribution in [2.45, 2.75) is 6.42 Å². The number of fused-ring (bicyclic) bond motifs is 1. The monoisotopic (exact) mass is 325 g/mol. The van der Waals surface area contributed by atoms with Crippen LogP contribution in [0, 0.1) is 0 Å². The van der Waals surface area contributed by atoms with Gasteiger partial charge in [-0.3, -0.25) is 4.79 Å². The molecule has 3 aromatic heterocycles. The van der Waals surface area contributed by atoms with Gasteiger partial charge in [-0.15, -0.1) is 0 Å². The Balaban J connectivity index is 1.64. The van der Waals surface area contributed by atoms with Gasteiger partial charge in [-0.05, 0) is 24.3 Å². The Labute approximate surface area is 136 Å². The summed E-state index contributed by atoms with van der Waals surface area (Å²) in [7, 11) is 0. The van der Waals surface area contributed by atoms with Gasteiger partial charge in [0.05, 0.1) is 0 Å². The number of aromatic amines is 1. The maximum absolute atomic E-state index is 11.7. The first-order valence-electron chi connectivity index (χ1n) is 7.28. The zero-order chi connectivity index (χ0) is 16.9. The largest absolute Gasteiger partial charge is 0.465 e. The molecule has 3 rings (SSSR count). The third-order valence-electron chi connectivity index (χ3n) is 3.39. The van der Waals surface area contributed by atoms with Crippen LogP contribution in [0.2, 0.25) is 0 Å². The average Bonchev–Trinajstić information content (AvgIpc) is 3.02. The van der Waals surface area contributed by atoms with Crippen molar-refractivity contribution in [2.24, 2.45) is 0 Å². The Morgan fingerprint density at radius 3 is 2.71 bits per heavy atom. The molecule has 24 heavy (non-hydrogen) atoms. The standard InChI is InChI=1S/C16H15N5O3/c22-14(4-6-18-16(23)24)21-13-2-1-11(8-19-13)12-7-10-3-5-17-15(10)20-9-12/h1-3,5,7-9,18H,4,6H2,(H,17,20)(H,23,24)(H,19,21,22). The normalized spacial score (nSPS) is 10.5. The minimum absolute atomic E-state index is 0.0454. The van der Waals surface area contributed by atoms with Gasteiger partial charge in [0.15, 0.2) is 0 Å². The summed E-state index contributed by atoms with van der Waals surface area (Å²) in [5.41, 5.74) is 2.64. The fraction of sp³-hybridized carbons (Fsp3) is 0.125. The highest BCUT2D eigenvalue weighted by atomic mass is 16.4. The highest BCUT2D eigenvalue weighted by Crippen LogP contribution is 2.22. The second-order valence-electron chi connectivity index (χ2n) is 5.10. The van der Waals surface area contributed by atoms with Crippen LogP contribution in [0.5, 0.6) is 0 Å². The van der Waals surface area contributed by atoms with Gasteiger partial charge >= 0.3 is 6.09 Å². The topological polar surface area (TPSA) is 120 Å². The van der Waals surface area contributed by atoms with Gasteiger partial charge in [-0.1, -0.05) is 0 Å². The number of amides is 2. The van der Waals surface area contributed by atoms with Crippen LogP contribution in [0.4, 0.5) is 10.6 Å². The molecule has 0 bridgehead atoms. The van der Waals surface area contributed by atoms with Gasteiger partial charge < -0.3 is 20.7 Å². The molecule has 0 atom stereocenters. The summed E-state index contributed by atoms with van der Waals surface area (Å²) in [6.07, 6.45) is 4.13. The van der Waals surface area contributed by atoms with E-state index in [1.165, 1.54) is 0 Å². The Hall–Kier alpha value is -3.42. The Morgan fingerprint density at radius 1 is 1.12 bits per heavy atom. The molecular weight excluding hydrogens is 310 g/mol. The minimum Gasteiger partial charge on any atom is -0.465 e. The molecule has 0 aliphatic heterocycles. The zero-order valence-corrected chi connectivity index (χ0v) is 12.6. The number of H-pyrrole nitrogens is 1. The van der Waals surface area contributed by atoms with Crippen molar-refractivity contribution < 1.29 is 14.7 Å². The first-order valence-corrected chi connectivity index (χ1v) is 7.28. The summed E-state index contributed by atoms with van der Waals surface area (Å²) in [6.45, 7) is 0.0571. The number of nitrogens with one attached hydrogen (secondary N) is 3. The van der Waals surface area contributed by atoms with Crippen molar-refractivity contribution in [1.29, 1.82) is 0 Å². The van der Waals surface area contributed by atoms with E-state index in [2.05, 4.69) is 25.6 Å². The van der Waals surface area contributed by atoms with E-state index in [1.807, 2.05) is 24.4 Å². The highest BCUT2D eigenvalue weighted by Gasteiger charge is 2.06. The molecule has 122 valence electrons. The lowest BCUT2D eigenvalue weighted by Gasteiger charge is -2.06. The van der Waals surface area contributed by atoms with Crippen LogP contribution in [-0.4, -0.2) is 38.6 Å². The van der Waals surface area contributed by atoms with Crippen molar-refractivity contribution in [3.05, 3.63) is 42.9 Å². The van der Waals surface area contributed by atoms with Crippen molar-refractivity contribution in [1.82, 2.24) is 20.3 Å². The summed E-state index contributed by atoms with van der Waals surface area (Å²) in [5, 5.41) is 14.2. The molecule has 0 aliphatic carbocycles. The number of carboxylic acid groups (broad SMARTS) is 1. The highest BCUT2D eigenvalue weighted by molar-refractivity contribution is 5.90. The molecule has 0 fully saturated rings. The molecule has 8 heteroatoms. The summed E-state index contributed by atoms with van der Waals surface area (Å²) in [4.78, 5) is 33.5. The van der Waals surface area contributed by atoms with Gasteiger partial charge in [0.1, 0.15) is 11.5 Å². The predicted octanol–water partition coefficient (Wildman–Crippen LogP) is 2.22. The molecule has 0 aromatic carbocycles. The van der Waals surface area contributed by atoms with Crippen LogP contribution in [0.3, 0.4) is 0 Å². The molecule has 8 nitrogen and oxygen atoms in total. The van der Waals surface area contributed by atoms with E-state index in [4.69, 9.17) is 5.11 Å². The first-order chi connectivity index (χ1) is 11.6. The molecule has 0 spiro atoms. The van der Waals surface area contributed by atoms with Crippen LogP contribution < -0.4 is 10.6 Å². The lowest BCUT2D eigenvalue weighted by molar-refractivity contribution is -0.116. The average molecular weight is 325 g/mol. The smallest absolute Gasteiger partial charge is 0.404 e. The van der Waals surface area contributed by atoms with E-state index in [0.29, 0.717) is 5.82 Å². The molecule has 0 aliphatic rings. The molecule has 3 heterocycles. The lowest BCUT2D eigenvalue weighted by atomic mass is 10.1. The van der Waals surface area contributed by atoms with E-state index >= 15 is 0 Å². The SMILES string of the molecule is O=C(O)NCCC(=O)Nc1ccc(-c2cnc3[nH]ccc3c2)cn1. The van der Waals surface area contributed by atoms with Crippen molar-refractivity contribution in [3.63, 3.8) is 0 Å². The molecule has 3 aromatic rings. The summed E-state index contributed by atoms with van der Waals surface area (Å²) >= 11 is 0. The lowest BCUT2D eigenvalue weighted by Crippen LogP contribution is -2.26. The van der Waals surface area contributed by atoms with E-state index in [-0.39, 0.29) is 18.9 Å². The van der Waals surface area contributed by atoms with Gasteiger partial charge in [-0.25, -0.2) is 14.8 Å². The van der Waals surface area contributed by atoms with Gasteiger partial charge in [0.2, 0.25) is 5.91 Å². The third-order valence-corrected chi connectivity index (χ3v) is 3.39. The zero-order valence-electron chi connectivity index (χ0n) is 12.6. The molecular formula is C16H15N5O3. The summed E-state index contributed by atoms with van der Waals surface area (Å²) < 4.78 is 0. The van der Waals surface area contributed by atoms with Crippen LogP contribution in [0.25, 0.3) is 22.2 Å². The Kier molecular flexibility index (Phi) is 4.37. The summed E-state index contributed by atoms with van der Waals surface area (Å²) in [5.74, 6) is 0.106.